The molecule has 82 valence electrons. The fourth-order valence-electron chi connectivity index (χ4n) is 1.34. The van der Waals surface area contributed by atoms with Crippen molar-refractivity contribution in [2.45, 2.75) is 6.42 Å². The van der Waals surface area contributed by atoms with Crippen molar-refractivity contribution in [2.75, 3.05) is 0 Å². The minimum Gasteiger partial charge on any atom is -0.476 e. The van der Waals surface area contributed by atoms with Crippen molar-refractivity contribution in [3.8, 4) is 0 Å². The van der Waals surface area contributed by atoms with Gasteiger partial charge in [0.05, 0.1) is 0 Å². The standard InChI is InChI=1S/C11H8FNO2S/c12-8-3-1-2-7(4-8)5-9-6-13-10(16-9)11(14)15/h1-4,6H,5H2,(H,14,15). The molecule has 0 atom stereocenters. The molecule has 1 heterocycles. The molecule has 0 saturated heterocycles. The molecule has 0 fully saturated rings. The Bertz CT molecular complexity index is 524. The second kappa shape index (κ2) is 4.40. The lowest BCUT2D eigenvalue weighted by Crippen LogP contribution is -1.92. The van der Waals surface area contributed by atoms with Gasteiger partial charge >= 0.3 is 5.97 Å². The first-order valence-corrected chi connectivity index (χ1v) is 5.39. The van der Waals surface area contributed by atoms with Crippen molar-refractivity contribution >= 4 is 17.3 Å². The Kier molecular flexibility index (Phi) is 2.96. The fraction of sp³-hybridized carbons (Fsp3) is 0.0909. The lowest BCUT2D eigenvalue weighted by molar-refractivity contribution is 0.0696. The molecule has 1 aromatic heterocycles. The van der Waals surface area contributed by atoms with Crippen LogP contribution in [0.5, 0.6) is 0 Å². The number of carboxylic acids is 1. The van der Waals surface area contributed by atoms with E-state index in [1.54, 1.807) is 12.1 Å². The zero-order chi connectivity index (χ0) is 11.5. The summed E-state index contributed by atoms with van der Waals surface area (Å²) < 4.78 is 12.9. The Morgan fingerprint density at radius 2 is 2.31 bits per heavy atom. The SMILES string of the molecule is O=C(O)c1ncc(Cc2cccc(F)c2)s1. The number of benzene rings is 1. The first-order chi connectivity index (χ1) is 7.65. The van der Waals surface area contributed by atoms with Crippen LogP contribution in [0.2, 0.25) is 0 Å². The van der Waals surface area contributed by atoms with E-state index in [0.29, 0.717) is 6.42 Å². The molecule has 5 heteroatoms. The highest BCUT2D eigenvalue weighted by molar-refractivity contribution is 7.13. The molecule has 2 rings (SSSR count). The van der Waals surface area contributed by atoms with E-state index < -0.39 is 5.97 Å². The van der Waals surface area contributed by atoms with Crippen LogP contribution in [-0.4, -0.2) is 16.1 Å². The van der Waals surface area contributed by atoms with Gasteiger partial charge in [-0.2, -0.15) is 0 Å². The van der Waals surface area contributed by atoms with E-state index in [0.717, 1.165) is 21.8 Å². The predicted octanol–water partition coefficient (Wildman–Crippen LogP) is 2.57. The molecule has 0 spiro atoms. The molecule has 16 heavy (non-hydrogen) atoms. The zero-order valence-electron chi connectivity index (χ0n) is 8.18. The van der Waals surface area contributed by atoms with Gasteiger partial charge in [0.25, 0.3) is 0 Å². The Morgan fingerprint density at radius 3 is 2.94 bits per heavy atom. The van der Waals surface area contributed by atoms with Gasteiger partial charge in [0, 0.05) is 17.5 Å². The second-order valence-corrected chi connectivity index (χ2v) is 4.36. The highest BCUT2D eigenvalue weighted by Crippen LogP contribution is 2.17. The first-order valence-electron chi connectivity index (χ1n) is 4.57. The number of halogens is 1. The summed E-state index contributed by atoms with van der Waals surface area (Å²) >= 11 is 1.11. The molecule has 0 bridgehead atoms. The topological polar surface area (TPSA) is 50.2 Å². The van der Waals surface area contributed by atoms with Crippen LogP contribution >= 0.6 is 11.3 Å². The highest BCUT2D eigenvalue weighted by atomic mass is 32.1. The number of carbonyl (C=O) groups is 1. The zero-order valence-corrected chi connectivity index (χ0v) is 9.00. The van der Waals surface area contributed by atoms with Crippen molar-refractivity contribution in [3.63, 3.8) is 0 Å². The van der Waals surface area contributed by atoms with Crippen LogP contribution in [0.25, 0.3) is 0 Å². The van der Waals surface area contributed by atoms with Gasteiger partial charge in [-0.05, 0) is 17.7 Å². The number of aromatic carboxylic acids is 1. The molecule has 0 aliphatic heterocycles. The number of carboxylic acid groups (broad SMARTS) is 1. The van der Waals surface area contributed by atoms with E-state index >= 15 is 0 Å². The lowest BCUT2D eigenvalue weighted by Gasteiger charge is -1.97. The van der Waals surface area contributed by atoms with E-state index in [1.807, 2.05) is 0 Å². The third-order valence-electron chi connectivity index (χ3n) is 2.00. The molecule has 0 unspecified atom stereocenters. The Hall–Kier alpha value is -1.75. The smallest absolute Gasteiger partial charge is 0.365 e. The molecule has 1 N–H and O–H groups in total. The van der Waals surface area contributed by atoms with Gasteiger partial charge in [-0.3, -0.25) is 0 Å². The van der Waals surface area contributed by atoms with Crippen LogP contribution in [-0.2, 0) is 6.42 Å². The summed E-state index contributed by atoms with van der Waals surface area (Å²) in [6.07, 6.45) is 2.02. The summed E-state index contributed by atoms with van der Waals surface area (Å²) in [7, 11) is 0. The lowest BCUT2D eigenvalue weighted by atomic mass is 10.1. The van der Waals surface area contributed by atoms with E-state index in [4.69, 9.17) is 5.11 Å². The van der Waals surface area contributed by atoms with Gasteiger partial charge in [0.1, 0.15) is 5.82 Å². The maximum Gasteiger partial charge on any atom is 0.365 e. The number of hydrogen-bond acceptors (Lipinski definition) is 3. The van der Waals surface area contributed by atoms with Gasteiger partial charge in [0.15, 0.2) is 0 Å². The van der Waals surface area contributed by atoms with Crippen LogP contribution < -0.4 is 0 Å². The third-order valence-corrected chi connectivity index (χ3v) is 2.99. The van der Waals surface area contributed by atoms with Crippen molar-refractivity contribution in [1.29, 1.82) is 0 Å². The molecule has 0 aliphatic carbocycles. The summed E-state index contributed by atoms with van der Waals surface area (Å²) in [5.41, 5.74) is 0.806. The molecule has 0 saturated carbocycles. The molecule has 0 radical (unpaired) electrons. The van der Waals surface area contributed by atoms with Crippen molar-refractivity contribution in [3.05, 3.63) is 51.7 Å². The number of nitrogens with zero attached hydrogens (tertiary/aromatic N) is 1. The van der Waals surface area contributed by atoms with E-state index in [2.05, 4.69) is 4.98 Å². The van der Waals surface area contributed by atoms with Crippen molar-refractivity contribution in [2.24, 2.45) is 0 Å². The first kappa shape index (κ1) is 10.8. The third kappa shape index (κ3) is 2.43. The minimum absolute atomic E-state index is 0.0615. The van der Waals surface area contributed by atoms with E-state index in [1.165, 1.54) is 18.3 Å². The summed E-state index contributed by atoms with van der Waals surface area (Å²) in [4.78, 5) is 15.2. The quantitative estimate of drug-likeness (QED) is 0.892. The second-order valence-electron chi connectivity index (χ2n) is 3.24. The summed E-state index contributed by atoms with van der Waals surface area (Å²) in [6.45, 7) is 0. The summed E-state index contributed by atoms with van der Waals surface area (Å²) in [5, 5.41) is 8.76. The molecule has 2 aromatic rings. The number of rotatable bonds is 3. The maximum absolute atomic E-state index is 12.9. The molecule has 3 nitrogen and oxygen atoms in total. The fourth-order valence-corrected chi connectivity index (χ4v) is 2.12. The van der Waals surface area contributed by atoms with Gasteiger partial charge < -0.3 is 5.11 Å². The predicted molar refractivity (Wildman–Crippen MR) is 58.3 cm³/mol. The highest BCUT2D eigenvalue weighted by Gasteiger charge is 2.09. The van der Waals surface area contributed by atoms with Gasteiger partial charge in [0.2, 0.25) is 5.01 Å². The van der Waals surface area contributed by atoms with Crippen LogP contribution in [0.15, 0.2) is 30.5 Å². The van der Waals surface area contributed by atoms with Gasteiger partial charge in [-0.15, -0.1) is 11.3 Å². The molecule has 1 aromatic carbocycles. The minimum atomic E-state index is -1.03. The van der Waals surface area contributed by atoms with Crippen LogP contribution in [0.3, 0.4) is 0 Å². The number of thiazole rings is 1. The molecular weight excluding hydrogens is 229 g/mol. The van der Waals surface area contributed by atoms with Crippen molar-refractivity contribution < 1.29 is 14.3 Å². The molecular formula is C11H8FNO2S. The largest absolute Gasteiger partial charge is 0.476 e. The summed E-state index contributed by atoms with van der Waals surface area (Å²) in [5.74, 6) is -1.32. The van der Waals surface area contributed by atoms with Crippen LogP contribution in [0.4, 0.5) is 4.39 Å². The molecule has 0 amide bonds. The van der Waals surface area contributed by atoms with Crippen LogP contribution in [0.1, 0.15) is 20.2 Å². The normalized spacial score (nSPS) is 10.3. The van der Waals surface area contributed by atoms with Crippen molar-refractivity contribution in [1.82, 2.24) is 4.98 Å². The summed E-state index contributed by atoms with van der Waals surface area (Å²) in [6, 6.07) is 6.23. The maximum atomic E-state index is 12.9. The average molecular weight is 237 g/mol. The average Bonchev–Trinajstić information content (AvgIpc) is 2.66. The van der Waals surface area contributed by atoms with E-state index in [-0.39, 0.29) is 10.8 Å². The van der Waals surface area contributed by atoms with Gasteiger partial charge in [-0.25, -0.2) is 14.2 Å². The Balaban J connectivity index is 2.17. The molecule has 0 aliphatic rings. The number of hydrogen-bond donors (Lipinski definition) is 1. The van der Waals surface area contributed by atoms with E-state index in [9.17, 15) is 9.18 Å². The van der Waals surface area contributed by atoms with Gasteiger partial charge in [-0.1, -0.05) is 12.1 Å². The Labute approximate surface area is 95.2 Å². The number of aromatic nitrogens is 1. The Morgan fingerprint density at radius 1 is 1.50 bits per heavy atom. The van der Waals surface area contributed by atoms with Crippen LogP contribution in [0, 0.1) is 5.82 Å². The monoisotopic (exact) mass is 237 g/mol.